The highest BCUT2D eigenvalue weighted by Crippen LogP contribution is 2.42. The molecule has 148 valence electrons. The number of nitrogens with zero attached hydrogens (tertiary/aromatic N) is 1. The third kappa shape index (κ3) is 4.88. The van der Waals surface area contributed by atoms with Gasteiger partial charge in [-0.2, -0.15) is 0 Å². The van der Waals surface area contributed by atoms with Crippen molar-refractivity contribution in [2.45, 2.75) is 57.1 Å². The van der Waals surface area contributed by atoms with Crippen LogP contribution in [0.5, 0.6) is 0 Å². The molecule has 26 heavy (non-hydrogen) atoms. The lowest BCUT2D eigenvalue weighted by Gasteiger charge is -2.31. The molecule has 0 amide bonds. The van der Waals surface area contributed by atoms with Gasteiger partial charge in [0.1, 0.15) is 18.1 Å². The molecule has 0 aromatic carbocycles. The first-order chi connectivity index (χ1) is 11.9. The van der Waals surface area contributed by atoms with E-state index in [1.165, 1.54) is 27.0 Å². The minimum Gasteiger partial charge on any atom is -0.385 e. The highest BCUT2D eigenvalue weighted by Gasteiger charge is 2.47. The van der Waals surface area contributed by atoms with E-state index in [2.05, 4.69) is 4.98 Å². The summed E-state index contributed by atoms with van der Waals surface area (Å²) in [5, 5.41) is 29.7. The Morgan fingerprint density at radius 1 is 1.38 bits per heavy atom. The van der Waals surface area contributed by atoms with Gasteiger partial charge >= 0.3 is 5.69 Å². The number of aromatic amines is 1. The van der Waals surface area contributed by atoms with Gasteiger partial charge < -0.3 is 29.7 Å². The van der Waals surface area contributed by atoms with Gasteiger partial charge in [-0.05, 0) is 43.4 Å². The Morgan fingerprint density at radius 3 is 2.58 bits per heavy atom. The Kier molecular flexibility index (Phi) is 6.97. The summed E-state index contributed by atoms with van der Waals surface area (Å²) in [6.07, 6.45) is -4.57. The van der Waals surface area contributed by atoms with Gasteiger partial charge in [0.05, 0.1) is 3.57 Å². The summed E-state index contributed by atoms with van der Waals surface area (Å²) >= 11 is 1.71. The maximum absolute atomic E-state index is 12.0. The summed E-state index contributed by atoms with van der Waals surface area (Å²) in [6.45, 7) is 4.18. The third-order valence-electron chi connectivity index (χ3n) is 3.43. The van der Waals surface area contributed by atoms with E-state index in [0.717, 1.165) is 4.57 Å². The summed E-state index contributed by atoms with van der Waals surface area (Å²) < 4.78 is 17.2. The second kappa shape index (κ2) is 8.29. The van der Waals surface area contributed by atoms with Gasteiger partial charge in [-0.3, -0.25) is 18.9 Å². The third-order valence-corrected chi connectivity index (χ3v) is 5.46. The van der Waals surface area contributed by atoms with Crippen LogP contribution in [0.1, 0.15) is 27.0 Å². The van der Waals surface area contributed by atoms with Gasteiger partial charge in [-0.25, -0.2) is 4.79 Å². The number of aliphatic hydroxyl groups is 3. The maximum Gasteiger partial charge on any atom is 0.330 e. The molecule has 2 heterocycles. The largest absolute Gasteiger partial charge is 0.385 e. The molecule has 6 atom stereocenters. The molecular formula is C13H20IN2O9P. The van der Waals surface area contributed by atoms with Crippen LogP contribution >= 0.6 is 31.0 Å². The zero-order valence-electron chi connectivity index (χ0n) is 14.1. The van der Waals surface area contributed by atoms with Crippen molar-refractivity contribution in [3.8, 4) is 0 Å². The van der Waals surface area contributed by atoms with Gasteiger partial charge in [0.2, 0.25) is 8.38 Å². The molecule has 13 heteroatoms. The fourth-order valence-electron chi connectivity index (χ4n) is 2.21. The van der Waals surface area contributed by atoms with E-state index < -0.39 is 56.0 Å². The van der Waals surface area contributed by atoms with Crippen molar-refractivity contribution in [1.29, 1.82) is 0 Å². The van der Waals surface area contributed by atoms with Gasteiger partial charge in [-0.1, -0.05) is 0 Å². The van der Waals surface area contributed by atoms with Gasteiger partial charge in [0.25, 0.3) is 5.56 Å². The molecule has 5 N–H and O–H groups in total. The van der Waals surface area contributed by atoms with Crippen LogP contribution in [-0.4, -0.2) is 59.9 Å². The lowest BCUT2D eigenvalue weighted by Crippen LogP contribution is -2.40. The summed E-state index contributed by atoms with van der Waals surface area (Å²) in [7, 11) is -2.21. The minimum absolute atomic E-state index is 0.184. The predicted molar refractivity (Wildman–Crippen MR) is 97.0 cm³/mol. The number of aromatic nitrogens is 2. The molecule has 1 aliphatic rings. The molecule has 1 aromatic heterocycles. The lowest BCUT2D eigenvalue weighted by molar-refractivity contribution is -0.279. The number of halogens is 1. The lowest BCUT2D eigenvalue weighted by atomic mass is 10.2. The second-order valence-corrected chi connectivity index (χ2v) is 8.76. The van der Waals surface area contributed by atoms with Crippen LogP contribution in [0.3, 0.4) is 0 Å². The zero-order chi connectivity index (χ0) is 19.8. The van der Waals surface area contributed by atoms with E-state index in [1.807, 2.05) is 0 Å². The average Bonchev–Trinajstić information content (AvgIpc) is 2.78. The van der Waals surface area contributed by atoms with Crippen LogP contribution < -0.4 is 11.2 Å². The van der Waals surface area contributed by atoms with E-state index >= 15 is 0 Å². The van der Waals surface area contributed by atoms with Gasteiger partial charge in [-0.15, -0.1) is 0 Å². The fraction of sp³-hybridized carbons (Fsp3) is 0.692. The first-order valence-electron chi connectivity index (χ1n) is 7.48. The normalized spacial score (nSPS) is 28.9. The zero-order valence-corrected chi connectivity index (χ0v) is 17.1. The van der Waals surface area contributed by atoms with Crippen LogP contribution in [0.15, 0.2) is 15.8 Å². The van der Waals surface area contributed by atoms with Crippen molar-refractivity contribution < 1.29 is 34.2 Å². The monoisotopic (exact) mass is 506 g/mol. The Morgan fingerprint density at radius 2 is 2.00 bits per heavy atom. The molecule has 1 saturated heterocycles. The van der Waals surface area contributed by atoms with Crippen molar-refractivity contribution >= 4 is 31.0 Å². The number of H-pyrrole nitrogens is 1. The van der Waals surface area contributed by atoms with Crippen molar-refractivity contribution in [2.75, 3.05) is 0 Å². The smallest absolute Gasteiger partial charge is 0.330 e. The number of rotatable bonds is 6. The molecule has 0 aliphatic carbocycles. The summed E-state index contributed by atoms with van der Waals surface area (Å²) in [5.74, 6) is -2.59. The second-order valence-electron chi connectivity index (χ2n) is 6.06. The average molecular weight is 506 g/mol. The molecule has 0 saturated carbocycles. The fourth-order valence-corrected chi connectivity index (χ4v) is 3.29. The maximum atomic E-state index is 12.0. The van der Waals surface area contributed by atoms with Crippen LogP contribution in [-0.2, 0) is 14.0 Å². The minimum atomic E-state index is -2.21. The molecule has 11 nitrogen and oxygen atoms in total. The highest BCUT2D eigenvalue weighted by atomic mass is 127. The van der Waals surface area contributed by atoms with E-state index in [1.54, 1.807) is 22.6 Å². The SMILES string of the molecule is CC(O)P(O)OC(C)(C)O[C@H]1OC(n2cc(I)c(=O)[nH]c2=O)[C@H](O)[C@@H]1O. The van der Waals surface area contributed by atoms with Gasteiger partial charge in [0, 0.05) is 6.20 Å². The molecule has 1 aromatic rings. The molecule has 2 rings (SSSR count). The topological polar surface area (TPSA) is 163 Å². The summed E-state index contributed by atoms with van der Waals surface area (Å²) in [4.78, 5) is 35.1. The van der Waals surface area contributed by atoms with E-state index in [9.17, 15) is 29.8 Å². The first-order valence-corrected chi connectivity index (χ1v) is 9.84. The summed E-state index contributed by atoms with van der Waals surface area (Å²) in [6, 6.07) is 0. The van der Waals surface area contributed by atoms with Gasteiger partial charge in [0.15, 0.2) is 18.3 Å². The van der Waals surface area contributed by atoms with Crippen molar-refractivity contribution in [1.82, 2.24) is 9.55 Å². The van der Waals surface area contributed by atoms with Crippen molar-refractivity contribution in [3.05, 3.63) is 30.6 Å². The van der Waals surface area contributed by atoms with E-state index in [0.29, 0.717) is 0 Å². The Hall–Kier alpha value is -0.440. The van der Waals surface area contributed by atoms with E-state index in [4.69, 9.17) is 14.0 Å². The van der Waals surface area contributed by atoms with Crippen LogP contribution in [0.2, 0.25) is 0 Å². The molecule has 0 radical (unpaired) electrons. The number of hydrogen-bond acceptors (Lipinski definition) is 9. The van der Waals surface area contributed by atoms with E-state index in [-0.39, 0.29) is 3.57 Å². The van der Waals surface area contributed by atoms with Crippen molar-refractivity contribution in [3.63, 3.8) is 0 Å². The Bertz CT molecular complexity index is 752. The number of hydrogen-bond donors (Lipinski definition) is 5. The van der Waals surface area contributed by atoms with Crippen LogP contribution in [0.25, 0.3) is 0 Å². The molecular weight excluding hydrogens is 486 g/mol. The van der Waals surface area contributed by atoms with Crippen LogP contribution in [0.4, 0.5) is 0 Å². The molecule has 3 unspecified atom stereocenters. The standard InChI is InChI=1S/C13H20IN2O9P/c1-5(17)26(22)25-13(2,3)24-11-8(19)7(18)10(23-11)16-4-6(14)9(20)15-12(16)21/h4-5,7-8,10-11,17-19,22H,1-3H3,(H,15,20,21)/t5?,7-,8+,10?,11-,26?/m1/s1. The molecule has 0 spiro atoms. The summed E-state index contributed by atoms with van der Waals surface area (Å²) in [5.41, 5.74) is -1.41. The number of aliphatic hydroxyl groups excluding tert-OH is 3. The van der Waals surface area contributed by atoms with Crippen molar-refractivity contribution in [2.24, 2.45) is 0 Å². The molecule has 1 aliphatic heterocycles. The molecule has 1 fully saturated rings. The predicted octanol–water partition coefficient (Wildman–Crippen LogP) is -0.870. The Labute approximate surface area is 162 Å². The highest BCUT2D eigenvalue weighted by molar-refractivity contribution is 14.1. The molecule has 0 bridgehead atoms. The van der Waals surface area contributed by atoms with Crippen LogP contribution in [0, 0.1) is 3.57 Å². The first kappa shape index (κ1) is 21.9. The number of nitrogens with one attached hydrogen (secondary N) is 1. The number of ether oxygens (including phenoxy) is 2. The Balaban J connectivity index is 2.18. The quantitative estimate of drug-likeness (QED) is 0.188.